The molecule has 2 heterocycles. The molecule has 1 aliphatic heterocycles. The second-order valence-corrected chi connectivity index (χ2v) is 8.05. The van der Waals surface area contributed by atoms with E-state index in [-0.39, 0.29) is 16.3 Å². The molecule has 0 spiro atoms. The van der Waals surface area contributed by atoms with Gasteiger partial charge in [0.25, 0.3) is 11.8 Å². The molecule has 10 heteroatoms. The molecule has 0 saturated carbocycles. The first-order chi connectivity index (χ1) is 16.4. The molecule has 34 heavy (non-hydrogen) atoms. The molecule has 4 rings (SSSR count). The van der Waals surface area contributed by atoms with Crippen molar-refractivity contribution in [1.29, 1.82) is 0 Å². The van der Waals surface area contributed by atoms with E-state index in [0.717, 1.165) is 4.90 Å². The van der Waals surface area contributed by atoms with Crippen molar-refractivity contribution in [3.05, 3.63) is 82.1 Å². The Balaban J connectivity index is 1.54. The van der Waals surface area contributed by atoms with Crippen molar-refractivity contribution >= 4 is 52.8 Å². The van der Waals surface area contributed by atoms with Crippen LogP contribution in [0.3, 0.4) is 0 Å². The third-order valence-corrected chi connectivity index (χ3v) is 5.61. The molecule has 2 aromatic carbocycles. The number of benzene rings is 2. The summed E-state index contributed by atoms with van der Waals surface area (Å²) >= 11 is 12.0. The Morgan fingerprint density at radius 2 is 1.79 bits per heavy atom. The molecule has 0 bridgehead atoms. The van der Waals surface area contributed by atoms with Crippen molar-refractivity contribution in [3.63, 3.8) is 0 Å². The SMILES string of the molecule is COc1ccc(N2C(=O)NC(=O)/C(=C\c3cccn3CCOc3ccc(Cl)cc3)C2=O)cc1Cl. The van der Waals surface area contributed by atoms with Crippen LogP contribution in [-0.2, 0) is 16.1 Å². The maximum absolute atomic E-state index is 13.1. The average molecular weight is 500 g/mol. The Labute approximate surface area is 205 Å². The molecule has 3 aromatic rings. The molecular formula is C24H19Cl2N3O5. The van der Waals surface area contributed by atoms with Crippen LogP contribution in [-0.4, -0.2) is 36.1 Å². The third-order valence-electron chi connectivity index (χ3n) is 5.07. The normalized spacial score (nSPS) is 15.0. The molecule has 1 aromatic heterocycles. The lowest BCUT2D eigenvalue weighted by molar-refractivity contribution is -0.122. The highest BCUT2D eigenvalue weighted by Crippen LogP contribution is 2.31. The van der Waals surface area contributed by atoms with Gasteiger partial charge < -0.3 is 14.0 Å². The standard InChI is InChI=1S/C24H19Cl2N3O5/c1-33-21-9-6-17(14-20(21)26)29-23(31)19(22(30)27-24(29)32)13-16-3-2-10-28(16)11-12-34-18-7-4-15(25)5-8-18/h2-10,13-14H,11-12H2,1H3,(H,27,30,32)/b19-13+. The van der Waals surface area contributed by atoms with Crippen LogP contribution in [0.15, 0.2) is 66.4 Å². The summed E-state index contributed by atoms with van der Waals surface area (Å²) in [6.07, 6.45) is 3.24. The first-order valence-corrected chi connectivity index (χ1v) is 10.9. The number of halogens is 2. The Morgan fingerprint density at radius 3 is 2.50 bits per heavy atom. The molecule has 8 nitrogen and oxygen atoms in total. The molecule has 0 aliphatic carbocycles. The Morgan fingerprint density at radius 1 is 1.03 bits per heavy atom. The average Bonchev–Trinajstić information content (AvgIpc) is 3.25. The van der Waals surface area contributed by atoms with E-state index in [4.69, 9.17) is 32.7 Å². The van der Waals surface area contributed by atoms with Crippen molar-refractivity contribution in [3.8, 4) is 11.5 Å². The number of imide groups is 2. The van der Waals surface area contributed by atoms with Crippen LogP contribution in [0.25, 0.3) is 6.08 Å². The van der Waals surface area contributed by atoms with E-state index in [1.54, 1.807) is 42.6 Å². The fraction of sp³-hybridized carbons (Fsp3) is 0.125. The molecular weight excluding hydrogens is 481 g/mol. The van der Waals surface area contributed by atoms with Crippen molar-refractivity contribution in [1.82, 2.24) is 9.88 Å². The number of hydrogen-bond acceptors (Lipinski definition) is 5. The molecule has 0 radical (unpaired) electrons. The maximum Gasteiger partial charge on any atom is 0.335 e. The van der Waals surface area contributed by atoms with E-state index >= 15 is 0 Å². The number of rotatable bonds is 7. The van der Waals surface area contributed by atoms with Gasteiger partial charge in [-0.05, 0) is 60.7 Å². The van der Waals surface area contributed by atoms with Gasteiger partial charge in [0.1, 0.15) is 23.7 Å². The van der Waals surface area contributed by atoms with Gasteiger partial charge in [0.2, 0.25) is 0 Å². The van der Waals surface area contributed by atoms with Gasteiger partial charge in [0.05, 0.1) is 24.4 Å². The summed E-state index contributed by atoms with van der Waals surface area (Å²) in [6.45, 7) is 0.808. The fourth-order valence-corrected chi connectivity index (χ4v) is 3.77. The summed E-state index contributed by atoms with van der Waals surface area (Å²) in [4.78, 5) is 38.9. The smallest absolute Gasteiger partial charge is 0.335 e. The van der Waals surface area contributed by atoms with Crippen molar-refractivity contribution in [2.24, 2.45) is 0 Å². The molecule has 174 valence electrons. The van der Waals surface area contributed by atoms with Gasteiger partial charge in [-0.3, -0.25) is 14.9 Å². The highest BCUT2D eigenvalue weighted by Gasteiger charge is 2.37. The molecule has 0 unspecified atom stereocenters. The minimum atomic E-state index is -0.861. The summed E-state index contributed by atoms with van der Waals surface area (Å²) < 4.78 is 12.7. The number of nitrogens with one attached hydrogen (secondary N) is 1. The van der Waals surface area contributed by atoms with Crippen molar-refractivity contribution in [2.75, 3.05) is 18.6 Å². The third kappa shape index (κ3) is 4.93. The second-order valence-electron chi connectivity index (χ2n) is 7.21. The van der Waals surface area contributed by atoms with E-state index in [2.05, 4.69) is 5.32 Å². The summed E-state index contributed by atoms with van der Waals surface area (Å²) in [5, 5.41) is 3.03. The molecule has 0 atom stereocenters. The summed E-state index contributed by atoms with van der Waals surface area (Å²) in [5.41, 5.74) is 0.615. The summed E-state index contributed by atoms with van der Waals surface area (Å²) in [6, 6.07) is 14.1. The zero-order valence-corrected chi connectivity index (χ0v) is 19.5. The van der Waals surface area contributed by atoms with Crippen LogP contribution in [0.2, 0.25) is 10.0 Å². The number of hydrogen-bond donors (Lipinski definition) is 1. The van der Waals surface area contributed by atoms with Gasteiger partial charge in [-0.25, -0.2) is 9.69 Å². The number of barbiturate groups is 1. The predicted octanol–water partition coefficient (Wildman–Crippen LogP) is 4.55. The van der Waals surface area contributed by atoms with Gasteiger partial charge in [-0.15, -0.1) is 0 Å². The van der Waals surface area contributed by atoms with Crippen LogP contribution in [0.1, 0.15) is 5.69 Å². The molecule has 4 amide bonds. The highest BCUT2D eigenvalue weighted by atomic mass is 35.5. The topological polar surface area (TPSA) is 89.9 Å². The van der Waals surface area contributed by atoms with Crippen LogP contribution < -0.4 is 19.7 Å². The number of methoxy groups -OCH3 is 1. The number of aromatic nitrogens is 1. The monoisotopic (exact) mass is 499 g/mol. The number of urea groups is 1. The quantitative estimate of drug-likeness (QED) is 0.380. The Bertz CT molecular complexity index is 1280. The van der Waals surface area contributed by atoms with Gasteiger partial charge in [0, 0.05) is 16.9 Å². The zero-order valence-electron chi connectivity index (χ0n) is 18.0. The maximum atomic E-state index is 13.1. The zero-order chi connectivity index (χ0) is 24.2. The minimum Gasteiger partial charge on any atom is -0.495 e. The van der Waals surface area contributed by atoms with E-state index in [0.29, 0.717) is 35.4 Å². The van der Waals surface area contributed by atoms with Crippen LogP contribution in [0.4, 0.5) is 10.5 Å². The van der Waals surface area contributed by atoms with Gasteiger partial charge in [-0.2, -0.15) is 0 Å². The number of nitrogens with zero attached hydrogens (tertiary/aromatic N) is 2. The molecule has 1 saturated heterocycles. The fourth-order valence-electron chi connectivity index (χ4n) is 3.39. The number of anilines is 1. The lowest BCUT2D eigenvalue weighted by atomic mass is 10.1. The van der Waals surface area contributed by atoms with Gasteiger partial charge in [-0.1, -0.05) is 23.2 Å². The number of carbonyl (C=O) groups excluding carboxylic acids is 3. The number of carbonyl (C=O) groups is 3. The van der Waals surface area contributed by atoms with Gasteiger partial charge >= 0.3 is 6.03 Å². The van der Waals surface area contributed by atoms with E-state index < -0.39 is 17.8 Å². The molecule has 1 aliphatic rings. The van der Waals surface area contributed by atoms with Crippen LogP contribution >= 0.6 is 23.2 Å². The first-order valence-electron chi connectivity index (χ1n) is 10.2. The second kappa shape index (κ2) is 10.0. The largest absolute Gasteiger partial charge is 0.495 e. The number of amides is 4. The van der Waals surface area contributed by atoms with Crippen LogP contribution in [0.5, 0.6) is 11.5 Å². The summed E-state index contributed by atoms with van der Waals surface area (Å²) in [7, 11) is 1.45. The minimum absolute atomic E-state index is 0.190. The Hall–Kier alpha value is -3.75. The van der Waals surface area contributed by atoms with Crippen molar-refractivity contribution < 1.29 is 23.9 Å². The predicted molar refractivity (Wildman–Crippen MR) is 128 cm³/mol. The lowest BCUT2D eigenvalue weighted by Crippen LogP contribution is -2.54. The lowest BCUT2D eigenvalue weighted by Gasteiger charge is -2.26. The Kier molecular flexibility index (Phi) is 6.90. The first kappa shape index (κ1) is 23.4. The van der Waals surface area contributed by atoms with E-state index in [1.165, 1.54) is 31.4 Å². The molecule has 1 N–H and O–H groups in total. The molecule has 1 fully saturated rings. The van der Waals surface area contributed by atoms with Crippen molar-refractivity contribution in [2.45, 2.75) is 6.54 Å². The van der Waals surface area contributed by atoms with Gasteiger partial charge in [0.15, 0.2) is 0 Å². The van der Waals surface area contributed by atoms with E-state index in [1.807, 2.05) is 4.57 Å². The number of ether oxygens (including phenoxy) is 2. The van der Waals surface area contributed by atoms with E-state index in [9.17, 15) is 14.4 Å². The summed E-state index contributed by atoms with van der Waals surface area (Å²) in [5.74, 6) is -0.484. The highest BCUT2D eigenvalue weighted by molar-refractivity contribution is 6.39. The van der Waals surface area contributed by atoms with Crippen LogP contribution in [0, 0.1) is 0 Å².